The van der Waals surface area contributed by atoms with E-state index in [4.69, 9.17) is 0 Å². The average molecular weight is 319 g/mol. The van der Waals surface area contributed by atoms with Gasteiger partial charge in [0.2, 0.25) is 5.91 Å². The minimum absolute atomic E-state index is 0.0566. The topological polar surface area (TPSA) is 41.1 Å². The molecule has 5 heteroatoms. The van der Waals surface area contributed by atoms with Gasteiger partial charge in [-0.05, 0) is 40.9 Å². The Bertz CT molecular complexity index is 365. The van der Waals surface area contributed by atoms with Crippen molar-refractivity contribution < 1.29 is 4.79 Å². The highest BCUT2D eigenvalue weighted by Crippen LogP contribution is 2.26. The summed E-state index contributed by atoms with van der Waals surface area (Å²) in [4.78, 5) is 12.7. The third kappa shape index (κ3) is 5.66. The lowest BCUT2D eigenvalue weighted by Gasteiger charge is -2.12. The summed E-state index contributed by atoms with van der Waals surface area (Å²) < 4.78 is 1.12. The molecule has 0 saturated carbocycles. The minimum Gasteiger partial charge on any atom is -0.355 e. The molecule has 1 aromatic heterocycles. The van der Waals surface area contributed by atoms with Crippen molar-refractivity contribution in [1.82, 2.24) is 10.6 Å². The van der Waals surface area contributed by atoms with E-state index in [9.17, 15) is 4.79 Å². The molecule has 0 aromatic carbocycles. The summed E-state index contributed by atoms with van der Waals surface area (Å²) in [6.07, 6.45) is 0. The van der Waals surface area contributed by atoms with Crippen molar-refractivity contribution in [1.29, 1.82) is 0 Å². The average Bonchev–Trinajstić information content (AvgIpc) is 2.70. The predicted molar refractivity (Wildman–Crippen MR) is 76.3 cm³/mol. The van der Waals surface area contributed by atoms with Crippen LogP contribution < -0.4 is 10.6 Å². The zero-order valence-electron chi connectivity index (χ0n) is 10.4. The molecular weight excluding hydrogens is 300 g/mol. The third-order valence-corrected chi connectivity index (χ3v) is 4.10. The molecule has 0 fully saturated rings. The normalized spacial score (nSPS) is 12.8. The minimum atomic E-state index is 0.0566. The molecule has 3 nitrogen and oxygen atoms in total. The zero-order chi connectivity index (χ0) is 12.8. The number of rotatable bonds is 6. The molecule has 1 unspecified atom stereocenters. The van der Waals surface area contributed by atoms with Crippen LogP contribution in [0.25, 0.3) is 0 Å². The van der Waals surface area contributed by atoms with Gasteiger partial charge in [0.05, 0.1) is 10.3 Å². The van der Waals surface area contributed by atoms with Crippen molar-refractivity contribution in [3.63, 3.8) is 0 Å². The van der Waals surface area contributed by atoms with Crippen LogP contribution in [0.2, 0.25) is 0 Å². The van der Waals surface area contributed by atoms with Crippen LogP contribution in [-0.2, 0) is 4.79 Å². The molecule has 0 aliphatic carbocycles. The molecule has 0 radical (unpaired) electrons. The van der Waals surface area contributed by atoms with Crippen molar-refractivity contribution >= 4 is 33.2 Å². The summed E-state index contributed by atoms with van der Waals surface area (Å²) in [5.41, 5.74) is 0. The van der Waals surface area contributed by atoms with Crippen LogP contribution in [0.3, 0.4) is 0 Å². The Balaban J connectivity index is 2.28. The largest absolute Gasteiger partial charge is 0.355 e. The molecule has 0 spiro atoms. The Hall–Kier alpha value is -0.390. The maximum Gasteiger partial charge on any atom is 0.233 e. The second kappa shape index (κ2) is 7.13. The lowest BCUT2D eigenvalue weighted by atomic mass is 10.2. The maximum atomic E-state index is 11.5. The number of halogens is 1. The smallest absolute Gasteiger partial charge is 0.233 e. The van der Waals surface area contributed by atoms with Gasteiger partial charge >= 0.3 is 0 Å². The summed E-state index contributed by atoms with van der Waals surface area (Å²) in [5.74, 6) is 0.547. The Labute approximate surface area is 115 Å². The van der Waals surface area contributed by atoms with Crippen LogP contribution in [0, 0.1) is 5.92 Å². The van der Waals surface area contributed by atoms with Crippen LogP contribution >= 0.6 is 27.3 Å². The summed E-state index contributed by atoms with van der Waals surface area (Å²) in [5, 5.41) is 6.10. The van der Waals surface area contributed by atoms with E-state index in [0.29, 0.717) is 12.5 Å². The molecule has 17 heavy (non-hydrogen) atoms. The van der Waals surface area contributed by atoms with E-state index in [1.165, 1.54) is 4.88 Å². The van der Waals surface area contributed by atoms with Gasteiger partial charge < -0.3 is 10.6 Å². The van der Waals surface area contributed by atoms with Crippen LogP contribution in [0.15, 0.2) is 15.9 Å². The van der Waals surface area contributed by atoms with Gasteiger partial charge in [-0.1, -0.05) is 13.8 Å². The zero-order valence-corrected chi connectivity index (χ0v) is 12.8. The van der Waals surface area contributed by atoms with Gasteiger partial charge in [-0.2, -0.15) is 0 Å². The highest BCUT2D eigenvalue weighted by Gasteiger charge is 2.09. The van der Waals surface area contributed by atoms with Crippen LogP contribution in [0.5, 0.6) is 0 Å². The molecule has 0 saturated heterocycles. The Morgan fingerprint density at radius 1 is 1.41 bits per heavy atom. The number of nitrogens with one attached hydrogen (secondary N) is 2. The van der Waals surface area contributed by atoms with Gasteiger partial charge in [0.15, 0.2) is 0 Å². The van der Waals surface area contributed by atoms with E-state index in [0.717, 1.165) is 10.3 Å². The van der Waals surface area contributed by atoms with E-state index in [-0.39, 0.29) is 11.9 Å². The fourth-order valence-electron chi connectivity index (χ4n) is 1.29. The van der Waals surface area contributed by atoms with E-state index in [1.807, 2.05) is 6.07 Å². The number of thiophene rings is 1. The van der Waals surface area contributed by atoms with Gasteiger partial charge in [0.25, 0.3) is 0 Å². The monoisotopic (exact) mass is 318 g/mol. The van der Waals surface area contributed by atoms with Gasteiger partial charge in [-0.25, -0.2) is 0 Å². The second-order valence-corrected chi connectivity index (χ2v) is 6.94. The van der Waals surface area contributed by atoms with E-state index in [2.05, 4.69) is 53.4 Å². The molecule has 1 rings (SSSR count). The van der Waals surface area contributed by atoms with Crippen molar-refractivity contribution in [3.8, 4) is 0 Å². The molecule has 1 aromatic rings. The molecule has 2 N–H and O–H groups in total. The number of carbonyl (C=O) groups excluding carboxylic acids is 1. The Morgan fingerprint density at radius 2 is 2.12 bits per heavy atom. The molecule has 96 valence electrons. The highest BCUT2D eigenvalue weighted by molar-refractivity contribution is 9.11. The summed E-state index contributed by atoms with van der Waals surface area (Å²) in [6.45, 7) is 7.33. The van der Waals surface area contributed by atoms with Gasteiger partial charge in [-0.15, -0.1) is 11.3 Å². The van der Waals surface area contributed by atoms with Crippen molar-refractivity contribution in [2.75, 3.05) is 13.1 Å². The Kier molecular flexibility index (Phi) is 6.16. The quantitative estimate of drug-likeness (QED) is 0.846. The standard InChI is InChI=1S/C12H19BrN2OS/c1-8(2)6-15-12(16)7-14-9(3)10-4-5-11(13)17-10/h4-5,8-9,14H,6-7H2,1-3H3,(H,15,16). The number of amides is 1. The number of hydrogen-bond acceptors (Lipinski definition) is 3. The molecule has 1 heterocycles. The Morgan fingerprint density at radius 3 is 2.65 bits per heavy atom. The van der Waals surface area contributed by atoms with Crippen LogP contribution in [0.4, 0.5) is 0 Å². The summed E-state index contributed by atoms with van der Waals surface area (Å²) in [6, 6.07) is 4.30. The van der Waals surface area contributed by atoms with Gasteiger partial charge in [-0.3, -0.25) is 4.79 Å². The predicted octanol–water partition coefficient (Wildman–Crippen LogP) is 2.93. The third-order valence-electron chi connectivity index (χ3n) is 2.30. The first-order chi connectivity index (χ1) is 7.99. The molecule has 1 atom stereocenters. The first kappa shape index (κ1) is 14.7. The van der Waals surface area contributed by atoms with E-state index in [1.54, 1.807) is 11.3 Å². The molecule has 1 amide bonds. The lowest BCUT2D eigenvalue weighted by molar-refractivity contribution is -0.120. The van der Waals surface area contributed by atoms with E-state index < -0.39 is 0 Å². The molecule has 0 aliphatic rings. The van der Waals surface area contributed by atoms with Gasteiger partial charge in [0, 0.05) is 17.5 Å². The first-order valence-corrected chi connectivity index (χ1v) is 7.35. The van der Waals surface area contributed by atoms with Crippen molar-refractivity contribution in [3.05, 3.63) is 20.8 Å². The highest BCUT2D eigenvalue weighted by atomic mass is 79.9. The fourth-order valence-corrected chi connectivity index (χ4v) is 2.74. The van der Waals surface area contributed by atoms with E-state index >= 15 is 0 Å². The number of hydrogen-bond donors (Lipinski definition) is 2. The SMILES string of the molecule is CC(C)CNC(=O)CNC(C)c1ccc(Br)s1. The van der Waals surface area contributed by atoms with Crippen molar-refractivity contribution in [2.45, 2.75) is 26.8 Å². The second-order valence-electron chi connectivity index (χ2n) is 4.44. The van der Waals surface area contributed by atoms with Crippen LogP contribution in [-0.4, -0.2) is 19.0 Å². The first-order valence-electron chi connectivity index (χ1n) is 5.74. The lowest BCUT2D eigenvalue weighted by Crippen LogP contribution is -2.36. The molecular formula is C12H19BrN2OS. The summed E-state index contributed by atoms with van der Waals surface area (Å²) >= 11 is 5.12. The molecule has 0 aliphatic heterocycles. The molecule has 0 bridgehead atoms. The number of carbonyl (C=O) groups is 1. The van der Waals surface area contributed by atoms with Crippen molar-refractivity contribution in [2.24, 2.45) is 5.92 Å². The van der Waals surface area contributed by atoms with Crippen LogP contribution in [0.1, 0.15) is 31.7 Å². The summed E-state index contributed by atoms with van der Waals surface area (Å²) in [7, 11) is 0. The fraction of sp³-hybridized carbons (Fsp3) is 0.583. The maximum absolute atomic E-state index is 11.5. The van der Waals surface area contributed by atoms with Gasteiger partial charge in [0.1, 0.15) is 0 Å².